The second kappa shape index (κ2) is 10.1. The van der Waals surface area contributed by atoms with Gasteiger partial charge in [0.15, 0.2) is 0 Å². The monoisotopic (exact) mass is 395 g/mol. The highest BCUT2D eigenvalue weighted by Crippen LogP contribution is 2.34. The molecule has 2 aromatic rings. The van der Waals surface area contributed by atoms with Gasteiger partial charge in [-0.2, -0.15) is 0 Å². The molecule has 0 radical (unpaired) electrons. The number of hydrogen-bond acceptors (Lipinski definition) is 4. The zero-order chi connectivity index (χ0) is 20.6. The Kier molecular flexibility index (Phi) is 7.25. The van der Waals surface area contributed by atoms with Crippen molar-refractivity contribution in [1.29, 1.82) is 0 Å². The molecule has 3 rings (SSSR count). The van der Waals surface area contributed by atoms with Gasteiger partial charge in [-0.25, -0.2) is 0 Å². The first kappa shape index (κ1) is 20.9. The third kappa shape index (κ3) is 4.95. The lowest BCUT2D eigenvalue weighted by Gasteiger charge is -2.27. The van der Waals surface area contributed by atoms with Crippen LogP contribution in [-0.4, -0.2) is 43.0 Å². The van der Waals surface area contributed by atoms with E-state index in [2.05, 4.69) is 10.6 Å². The van der Waals surface area contributed by atoms with Gasteiger partial charge < -0.3 is 20.3 Å². The predicted molar refractivity (Wildman–Crippen MR) is 114 cm³/mol. The average molecular weight is 396 g/mol. The summed E-state index contributed by atoms with van der Waals surface area (Å²) in [5.74, 6) is -0.0393. The summed E-state index contributed by atoms with van der Waals surface area (Å²) in [7, 11) is 0. The highest BCUT2D eigenvalue weighted by molar-refractivity contribution is 5.99. The fourth-order valence-electron chi connectivity index (χ4n) is 3.45. The average Bonchev–Trinajstić information content (AvgIpc) is 3.01. The molecule has 2 amide bonds. The molecular weight excluding hydrogens is 366 g/mol. The minimum Gasteiger partial charge on any atom is -0.382 e. The topological polar surface area (TPSA) is 70.7 Å². The molecule has 1 aliphatic heterocycles. The largest absolute Gasteiger partial charge is 0.382 e. The molecule has 6 heteroatoms. The van der Waals surface area contributed by atoms with Crippen LogP contribution in [0.5, 0.6) is 0 Å². The highest BCUT2D eigenvalue weighted by atomic mass is 16.5. The van der Waals surface area contributed by atoms with Crippen LogP contribution in [0.1, 0.15) is 59.1 Å². The number of nitrogens with zero attached hydrogens (tertiary/aromatic N) is 1. The summed E-state index contributed by atoms with van der Waals surface area (Å²) < 4.78 is 5.43. The molecule has 1 atom stereocenters. The minimum atomic E-state index is -0.236. The highest BCUT2D eigenvalue weighted by Gasteiger charge is 2.35. The van der Waals surface area contributed by atoms with Crippen LogP contribution in [0.2, 0.25) is 0 Å². The van der Waals surface area contributed by atoms with E-state index >= 15 is 0 Å². The first-order valence-corrected chi connectivity index (χ1v) is 10.3. The van der Waals surface area contributed by atoms with Gasteiger partial charge in [-0.15, -0.1) is 0 Å². The van der Waals surface area contributed by atoms with Gasteiger partial charge in [0.2, 0.25) is 0 Å². The number of hydrogen-bond donors (Lipinski definition) is 2. The summed E-state index contributed by atoms with van der Waals surface area (Å²) >= 11 is 0. The molecule has 1 unspecified atom stereocenters. The van der Waals surface area contributed by atoms with E-state index in [4.69, 9.17) is 4.74 Å². The number of ether oxygens (including phenoxy) is 1. The lowest BCUT2D eigenvalue weighted by Crippen LogP contribution is -2.33. The lowest BCUT2D eigenvalue weighted by atomic mass is 10.1. The zero-order valence-corrected chi connectivity index (χ0v) is 17.1. The summed E-state index contributed by atoms with van der Waals surface area (Å²) in [6.07, 6.45) is 1.45. The van der Waals surface area contributed by atoms with Crippen molar-refractivity contribution in [1.82, 2.24) is 10.2 Å². The van der Waals surface area contributed by atoms with Gasteiger partial charge in [0, 0.05) is 48.7 Å². The number of anilines is 1. The van der Waals surface area contributed by atoms with Crippen LogP contribution in [0.3, 0.4) is 0 Å². The van der Waals surface area contributed by atoms with E-state index in [0.29, 0.717) is 31.9 Å². The Balaban J connectivity index is 1.74. The fraction of sp³-hybridized carbons (Fsp3) is 0.391. The van der Waals surface area contributed by atoms with Gasteiger partial charge in [-0.1, -0.05) is 25.1 Å². The summed E-state index contributed by atoms with van der Waals surface area (Å²) in [5.41, 5.74) is 3.19. The Hall–Kier alpha value is -2.86. The van der Waals surface area contributed by atoms with E-state index in [1.54, 1.807) is 12.1 Å². The number of carbonyl (C=O) groups is 2. The number of rotatable bonds is 10. The van der Waals surface area contributed by atoms with E-state index in [9.17, 15) is 9.59 Å². The molecule has 0 saturated carbocycles. The van der Waals surface area contributed by atoms with Crippen LogP contribution in [0.25, 0.3) is 0 Å². The van der Waals surface area contributed by atoms with Gasteiger partial charge in [0.05, 0.1) is 0 Å². The Morgan fingerprint density at radius 1 is 1.10 bits per heavy atom. The van der Waals surface area contributed by atoms with Crippen molar-refractivity contribution in [3.63, 3.8) is 0 Å². The van der Waals surface area contributed by atoms with Gasteiger partial charge in [0.25, 0.3) is 11.8 Å². The van der Waals surface area contributed by atoms with Gasteiger partial charge in [0.1, 0.15) is 6.17 Å². The van der Waals surface area contributed by atoms with Crippen molar-refractivity contribution in [3.8, 4) is 0 Å². The number of carbonyl (C=O) groups excluding carboxylic acids is 2. The van der Waals surface area contributed by atoms with Crippen LogP contribution in [-0.2, 0) is 4.74 Å². The first-order chi connectivity index (χ1) is 14.2. The smallest absolute Gasteiger partial charge is 0.256 e. The molecule has 0 saturated heterocycles. The molecule has 0 bridgehead atoms. The van der Waals surface area contributed by atoms with Crippen LogP contribution < -0.4 is 10.6 Å². The Bertz CT molecular complexity index is 836. The number of amides is 2. The molecule has 0 aliphatic carbocycles. The van der Waals surface area contributed by atoms with Crippen molar-refractivity contribution in [2.24, 2.45) is 0 Å². The zero-order valence-electron chi connectivity index (χ0n) is 17.1. The maximum atomic E-state index is 12.9. The minimum absolute atomic E-state index is 0.0326. The second-order valence-corrected chi connectivity index (χ2v) is 7.02. The summed E-state index contributed by atoms with van der Waals surface area (Å²) in [6, 6.07) is 15.1. The van der Waals surface area contributed by atoms with E-state index in [1.807, 2.05) is 55.1 Å². The molecule has 0 fully saturated rings. The second-order valence-electron chi connectivity index (χ2n) is 7.02. The Labute approximate surface area is 172 Å². The number of fused-ring (bicyclic) bond motifs is 1. The fourth-order valence-corrected chi connectivity index (χ4v) is 3.45. The van der Waals surface area contributed by atoms with Gasteiger partial charge >= 0.3 is 0 Å². The molecule has 154 valence electrons. The molecule has 1 heterocycles. The molecule has 0 spiro atoms. The van der Waals surface area contributed by atoms with Crippen LogP contribution in [0, 0.1) is 0 Å². The molecule has 2 N–H and O–H groups in total. The van der Waals surface area contributed by atoms with E-state index in [1.165, 1.54) is 0 Å². The molecule has 0 aromatic heterocycles. The van der Waals surface area contributed by atoms with Crippen LogP contribution >= 0.6 is 0 Å². The quantitative estimate of drug-likeness (QED) is 0.600. The van der Waals surface area contributed by atoms with Crippen molar-refractivity contribution >= 4 is 17.5 Å². The first-order valence-electron chi connectivity index (χ1n) is 10.3. The van der Waals surface area contributed by atoms with Crippen LogP contribution in [0.15, 0.2) is 48.5 Å². The van der Waals surface area contributed by atoms with E-state index in [-0.39, 0.29) is 18.0 Å². The molecule has 2 aromatic carbocycles. The van der Waals surface area contributed by atoms with E-state index in [0.717, 1.165) is 29.7 Å². The van der Waals surface area contributed by atoms with Crippen molar-refractivity contribution in [2.45, 2.75) is 32.9 Å². The predicted octanol–water partition coefficient (Wildman–Crippen LogP) is 3.82. The summed E-state index contributed by atoms with van der Waals surface area (Å²) in [4.78, 5) is 26.8. The standard InChI is InChI=1S/C23H29N3O3/c1-3-14-24-22(27)17-10-12-18(13-11-17)25-21-19-8-5-6-9-20(19)23(28)26(21)15-7-16-29-4-2/h5-6,8-13,21,25H,3-4,7,14-16H2,1-2H3,(H,24,27). The van der Waals surface area contributed by atoms with E-state index < -0.39 is 0 Å². The summed E-state index contributed by atoms with van der Waals surface area (Å²) in [6.45, 7) is 6.57. The number of benzene rings is 2. The normalized spacial score (nSPS) is 15.3. The van der Waals surface area contributed by atoms with Crippen molar-refractivity contribution < 1.29 is 14.3 Å². The summed E-state index contributed by atoms with van der Waals surface area (Å²) in [5, 5.41) is 6.34. The molecule has 6 nitrogen and oxygen atoms in total. The lowest BCUT2D eigenvalue weighted by molar-refractivity contribution is 0.0708. The SMILES string of the molecule is CCCNC(=O)c1ccc(NC2c3ccccc3C(=O)N2CCCOCC)cc1. The van der Waals surface area contributed by atoms with Gasteiger partial charge in [-0.05, 0) is 50.1 Å². The molecular formula is C23H29N3O3. The number of nitrogens with one attached hydrogen (secondary N) is 2. The third-order valence-corrected chi connectivity index (χ3v) is 4.94. The van der Waals surface area contributed by atoms with Crippen molar-refractivity contribution in [2.75, 3.05) is 31.6 Å². The van der Waals surface area contributed by atoms with Gasteiger partial charge in [-0.3, -0.25) is 9.59 Å². The Morgan fingerprint density at radius 3 is 2.59 bits per heavy atom. The molecule has 1 aliphatic rings. The third-order valence-electron chi connectivity index (χ3n) is 4.94. The Morgan fingerprint density at radius 2 is 1.86 bits per heavy atom. The van der Waals surface area contributed by atoms with Crippen molar-refractivity contribution in [3.05, 3.63) is 65.2 Å². The van der Waals surface area contributed by atoms with Crippen LogP contribution in [0.4, 0.5) is 5.69 Å². The maximum Gasteiger partial charge on any atom is 0.256 e. The maximum absolute atomic E-state index is 12.9. The molecule has 29 heavy (non-hydrogen) atoms.